The number of allylic oxidation sites excluding steroid dienone is 1. The Labute approximate surface area is 126 Å². The van der Waals surface area contributed by atoms with Crippen LogP contribution in [0.15, 0.2) is 42.1 Å². The van der Waals surface area contributed by atoms with Crippen molar-refractivity contribution in [2.45, 2.75) is 20.3 Å². The fourth-order valence-corrected chi connectivity index (χ4v) is 2.03. The average molecular weight is 296 g/mol. The molecule has 0 heterocycles. The number of hydrogen-bond donors (Lipinski definition) is 0. The molecule has 1 aromatic carbocycles. The number of ether oxygens (including phenoxy) is 1. The van der Waals surface area contributed by atoms with E-state index in [0.717, 1.165) is 12.0 Å². The van der Waals surface area contributed by atoms with Crippen LogP contribution in [0, 0.1) is 0 Å². The van der Waals surface area contributed by atoms with Crippen molar-refractivity contribution >= 4 is 17.5 Å². The summed E-state index contributed by atoms with van der Waals surface area (Å²) in [6.45, 7) is 5.65. The van der Waals surface area contributed by atoms with Crippen molar-refractivity contribution in [1.29, 1.82) is 0 Å². The highest BCUT2D eigenvalue weighted by molar-refractivity contribution is 6.27. The third kappa shape index (κ3) is 6.22. The lowest BCUT2D eigenvalue weighted by Gasteiger charge is -2.18. The van der Waals surface area contributed by atoms with Gasteiger partial charge < -0.3 is 9.64 Å². The molecule has 20 heavy (non-hydrogen) atoms. The summed E-state index contributed by atoms with van der Waals surface area (Å²) in [4.78, 5) is 13.4. The third-order valence-electron chi connectivity index (χ3n) is 2.82. The van der Waals surface area contributed by atoms with E-state index in [1.54, 1.807) is 4.90 Å². The van der Waals surface area contributed by atoms with E-state index >= 15 is 0 Å². The van der Waals surface area contributed by atoms with Gasteiger partial charge in [0, 0.05) is 19.4 Å². The van der Waals surface area contributed by atoms with Gasteiger partial charge in [0.2, 0.25) is 5.91 Å². The fraction of sp³-hybridized carbons (Fsp3) is 0.438. The lowest BCUT2D eigenvalue weighted by atomic mass is 10.1. The van der Waals surface area contributed by atoms with Gasteiger partial charge in [-0.25, -0.2) is 0 Å². The topological polar surface area (TPSA) is 29.5 Å². The zero-order valence-corrected chi connectivity index (χ0v) is 12.9. The Kier molecular flexibility index (Phi) is 8.00. The van der Waals surface area contributed by atoms with E-state index in [-0.39, 0.29) is 11.8 Å². The van der Waals surface area contributed by atoms with Gasteiger partial charge in [0.1, 0.15) is 5.88 Å². The minimum absolute atomic E-state index is 0.0127. The first-order valence-corrected chi connectivity index (χ1v) is 7.35. The van der Waals surface area contributed by atoms with E-state index in [2.05, 4.69) is 12.1 Å². The molecule has 0 atom stereocenters. The van der Waals surface area contributed by atoms with Crippen LogP contribution in [0.3, 0.4) is 0 Å². The Bertz CT molecular complexity index is 431. The van der Waals surface area contributed by atoms with Gasteiger partial charge in [-0.15, -0.1) is 11.6 Å². The standard InChI is InChI=1S/C16H22ClNO2/c1-3-20-10-9-18(16(19)12-17)13-14(2)11-15-7-5-4-6-8-15/h4-8,13H,3,9-12H2,1-2H3. The average Bonchev–Trinajstić information content (AvgIpc) is 2.46. The van der Waals surface area contributed by atoms with Gasteiger partial charge in [0.25, 0.3) is 0 Å². The molecule has 1 amide bonds. The molecule has 0 spiro atoms. The quantitative estimate of drug-likeness (QED) is 0.544. The van der Waals surface area contributed by atoms with Crippen LogP contribution >= 0.6 is 11.6 Å². The van der Waals surface area contributed by atoms with Gasteiger partial charge in [0.05, 0.1) is 6.61 Å². The normalized spacial score (nSPS) is 11.4. The van der Waals surface area contributed by atoms with Crippen LogP contribution in [0.5, 0.6) is 0 Å². The Morgan fingerprint density at radius 1 is 1.35 bits per heavy atom. The SMILES string of the molecule is CCOCCN(C=C(C)Cc1ccccc1)C(=O)CCl. The molecule has 0 bridgehead atoms. The maximum absolute atomic E-state index is 11.8. The number of halogens is 1. The maximum atomic E-state index is 11.8. The number of benzene rings is 1. The molecule has 0 aromatic heterocycles. The highest BCUT2D eigenvalue weighted by atomic mass is 35.5. The van der Waals surface area contributed by atoms with Crippen molar-refractivity contribution in [3.8, 4) is 0 Å². The molecule has 0 radical (unpaired) electrons. The van der Waals surface area contributed by atoms with E-state index in [1.807, 2.05) is 38.2 Å². The van der Waals surface area contributed by atoms with Gasteiger partial charge in [-0.2, -0.15) is 0 Å². The number of hydrogen-bond acceptors (Lipinski definition) is 2. The van der Waals surface area contributed by atoms with Gasteiger partial charge in [-0.3, -0.25) is 4.79 Å². The molecule has 0 fully saturated rings. The van der Waals surface area contributed by atoms with Crippen LogP contribution in [0.1, 0.15) is 19.4 Å². The van der Waals surface area contributed by atoms with E-state index in [0.29, 0.717) is 19.8 Å². The number of rotatable bonds is 8. The summed E-state index contributed by atoms with van der Waals surface area (Å²) < 4.78 is 5.29. The van der Waals surface area contributed by atoms with Gasteiger partial charge in [-0.1, -0.05) is 35.9 Å². The largest absolute Gasteiger partial charge is 0.380 e. The summed E-state index contributed by atoms with van der Waals surface area (Å²) in [6.07, 6.45) is 2.69. The van der Waals surface area contributed by atoms with Crippen LogP contribution in [-0.4, -0.2) is 36.4 Å². The van der Waals surface area contributed by atoms with Gasteiger partial charge in [-0.05, 0) is 25.8 Å². The van der Waals surface area contributed by atoms with Gasteiger partial charge in [0.15, 0.2) is 0 Å². The summed E-state index contributed by atoms with van der Waals surface area (Å²) in [5.41, 5.74) is 2.34. The van der Waals surface area contributed by atoms with E-state index < -0.39 is 0 Å². The third-order valence-corrected chi connectivity index (χ3v) is 3.05. The minimum Gasteiger partial charge on any atom is -0.380 e. The summed E-state index contributed by atoms with van der Waals surface area (Å²) in [5, 5.41) is 0. The van der Waals surface area contributed by atoms with E-state index in [1.165, 1.54) is 5.56 Å². The molecular formula is C16H22ClNO2. The molecule has 110 valence electrons. The van der Waals surface area contributed by atoms with Crippen molar-refractivity contribution < 1.29 is 9.53 Å². The first-order chi connectivity index (χ1) is 9.67. The van der Waals surface area contributed by atoms with Crippen molar-refractivity contribution in [3.63, 3.8) is 0 Å². The number of amides is 1. The molecule has 4 heteroatoms. The van der Waals surface area contributed by atoms with Crippen molar-refractivity contribution in [1.82, 2.24) is 4.90 Å². The molecule has 0 unspecified atom stereocenters. The fourth-order valence-electron chi connectivity index (χ4n) is 1.87. The summed E-state index contributed by atoms with van der Waals surface area (Å²) in [5.74, 6) is -0.111. The molecule has 1 rings (SSSR count). The first kappa shape index (κ1) is 16.7. The van der Waals surface area contributed by atoms with E-state index in [4.69, 9.17) is 16.3 Å². The lowest BCUT2D eigenvalue weighted by Crippen LogP contribution is -2.30. The lowest BCUT2D eigenvalue weighted by molar-refractivity contribution is -0.126. The number of alkyl halides is 1. The van der Waals surface area contributed by atoms with Crippen molar-refractivity contribution in [2.24, 2.45) is 0 Å². The number of nitrogens with zero attached hydrogens (tertiary/aromatic N) is 1. The van der Waals surface area contributed by atoms with E-state index in [9.17, 15) is 4.79 Å². The van der Waals surface area contributed by atoms with Gasteiger partial charge >= 0.3 is 0 Å². The second-order valence-corrected chi connectivity index (χ2v) is 4.82. The Morgan fingerprint density at radius 2 is 2.05 bits per heavy atom. The molecule has 0 N–H and O–H groups in total. The predicted molar refractivity (Wildman–Crippen MR) is 82.8 cm³/mol. The molecule has 0 aliphatic carbocycles. The maximum Gasteiger partial charge on any atom is 0.241 e. The van der Waals surface area contributed by atoms with Crippen LogP contribution in [0.4, 0.5) is 0 Å². The Hall–Kier alpha value is -1.32. The van der Waals surface area contributed by atoms with Crippen LogP contribution < -0.4 is 0 Å². The molecule has 1 aromatic rings. The zero-order chi connectivity index (χ0) is 14.8. The van der Waals surface area contributed by atoms with Crippen LogP contribution in [-0.2, 0) is 16.0 Å². The summed E-state index contributed by atoms with van der Waals surface area (Å²) in [7, 11) is 0. The smallest absolute Gasteiger partial charge is 0.241 e. The summed E-state index contributed by atoms with van der Waals surface area (Å²) in [6, 6.07) is 10.2. The molecule has 0 saturated carbocycles. The van der Waals surface area contributed by atoms with Crippen molar-refractivity contribution in [3.05, 3.63) is 47.7 Å². The second-order valence-electron chi connectivity index (χ2n) is 4.56. The molecule has 0 aliphatic heterocycles. The Balaban J connectivity index is 2.65. The highest BCUT2D eigenvalue weighted by Gasteiger charge is 2.10. The highest BCUT2D eigenvalue weighted by Crippen LogP contribution is 2.09. The summed E-state index contributed by atoms with van der Waals surface area (Å²) >= 11 is 5.64. The number of carbonyl (C=O) groups excluding carboxylic acids is 1. The molecule has 3 nitrogen and oxygen atoms in total. The second kappa shape index (κ2) is 9.56. The number of carbonyl (C=O) groups is 1. The van der Waals surface area contributed by atoms with Crippen LogP contribution in [0.25, 0.3) is 0 Å². The zero-order valence-electron chi connectivity index (χ0n) is 12.1. The minimum atomic E-state index is -0.0984. The van der Waals surface area contributed by atoms with Crippen molar-refractivity contribution in [2.75, 3.05) is 25.6 Å². The first-order valence-electron chi connectivity index (χ1n) is 6.81. The predicted octanol–water partition coefficient (Wildman–Crippen LogP) is 3.24. The molecular weight excluding hydrogens is 274 g/mol. The van der Waals surface area contributed by atoms with Crippen LogP contribution in [0.2, 0.25) is 0 Å². The monoisotopic (exact) mass is 295 g/mol. The Morgan fingerprint density at radius 3 is 2.65 bits per heavy atom. The molecule has 0 saturated heterocycles. The molecule has 0 aliphatic rings.